The number of carbonyl (C=O) groups is 5. The molecule has 10 nitrogen and oxygen atoms in total. The van der Waals surface area contributed by atoms with Crippen molar-refractivity contribution >= 4 is 30.2 Å². The van der Waals surface area contributed by atoms with Gasteiger partial charge >= 0.3 is 23.9 Å². The third kappa shape index (κ3) is 10.9. The summed E-state index contributed by atoms with van der Waals surface area (Å²) in [6.45, 7) is 6.05. The van der Waals surface area contributed by atoms with Crippen molar-refractivity contribution in [3.05, 3.63) is 96.1 Å². The third-order valence-electron chi connectivity index (χ3n) is 6.26. The molecule has 0 aliphatic carbocycles. The predicted molar refractivity (Wildman–Crippen MR) is 159 cm³/mol. The van der Waals surface area contributed by atoms with Crippen LogP contribution in [0.5, 0.6) is 11.5 Å². The largest absolute Gasteiger partial charge is 0.494 e. The van der Waals surface area contributed by atoms with E-state index < -0.39 is 30.4 Å². The van der Waals surface area contributed by atoms with Gasteiger partial charge in [-0.3, -0.25) is 4.79 Å². The molecule has 0 N–H and O–H groups in total. The van der Waals surface area contributed by atoms with E-state index in [1.807, 2.05) is 0 Å². The summed E-state index contributed by atoms with van der Waals surface area (Å²) in [5, 5.41) is 10.7. The highest BCUT2D eigenvalue weighted by Crippen LogP contribution is 2.25. The standard InChI is InChI=1S/C34H33O10/c1-23(2)32(38)42-19-6-4-3-5-18-41-28-16-14-26(15-17-28)33(39)43-29-9-7-8-27(20-29)24-10-12-25(13-11-24)34(40)44-30(22-35)21-31(36)37/h7-17,20,22,30H,1,3-6,18-19,21H2,2H3. The van der Waals surface area contributed by atoms with Crippen LogP contribution in [-0.4, -0.2) is 49.5 Å². The Morgan fingerprint density at radius 1 is 0.773 bits per heavy atom. The lowest BCUT2D eigenvalue weighted by atomic mass is 10.0. The zero-order valence-electron chi connectivity index (χ0n) is 24.3. The van der Waals surface area contributed by atoms with Crippen molar-refractivity contribution in [2.45, 2.75) is 45.1 Å². The Morgan fingerprint density at radius 2 is 1.41 bits per heavy atom. The van der Waals surface area contributed by atoms with E-state index in [0.29, 0.717) is 41.4 Å². The Kier molecular flexibility index (Phi) is 12.9. The molecule has 0 saturated carbocycles. The second kappa shape index (κ2) is 17.0. The summed E-state index contributed by atoms with van der Waals surface area (Å²) in [6, 6.07) is 19.7. The van der Waals surface area contributed by atoms with Gasteiger partial charge in [0.05, 0.1) is 30.8 Å². The lowest BCUT2D eigenvalue weighted by Gasteiger charge is -2.10. The van der Waals surface area contributed by atoms with Crippen LogP contribution < -0.4 is 9.47 Å². The number of aldehydes is 1. The minimum absolute atomic E-state index is 0.132. The number of rotatable bonds is 17. The number of esters is 3. The molecule has 0 spiro atoms. The summed E-state index contributed by atoms with van der Waals surface area (Å²) in [6.07, 6.45) is 1.54. The smallest absolute Gasteiger partial charge is 0.359 e. The van der Waals surface area contributed by atoms with E-state index >= 15 is 0 Å². The summed E-state index contributed by atoms with van der Waals surface area (Å²) in [5.74, 6) is -2.31. The zero-order valence-corrected chi connectivity index (χ0v) is 24.3. The number of hydrogen-bond acceptors (Lipinski definition) is 9. The van der Waals surface area contributed by atoms with Crippen molar-refractivity contribution in [1.29, 1.82) is 0 Å². The molecule has 0 fully saturated rings. The first-order chi connectivity index (χ1) is 21.2. The van der Waals surface area contributed by atoms with Gasteiger partial charge in [-0.05, 0) is 92.3 Å². The van der Waals surface area contributed by atoms with Crippen LogP contribution >= 0.6 is 0 Å². The molecule has 1 unspecified atom stereocenters. The normalized spacial score (nSPS) is 11.1. The Hall–Kier alpha value is -5.25. The molecule has 3 rings (SSSR count). The minimum Gasteiger partial charge on any atom is -0.494 e. The van der Waals surface area contributed by atoms with Gasteiger partial charge in [0.15, 0.2) is 12.4 Å². The van der Waals surface area contributed by atoms with Crippen LogP contribution in [0.3, 0.4) is 0 Å². The lowest BCUT2D eigenvalue weighted by Crippen LogP contribution is -2.22. The maximum absolute atomic E-state index is 12.7. The highest BCUT2D eigenvalue weighted by molar-refractivity contribution is 5.92. The first-order valence-electron chi connectivity index (χ1n) is 14.0. The number of ether oxygens (including phenoxy) is 4. The van der Waals surface area contributed by atoms with Crippen molar-refractivity contribution in [3.8, 4) is 22.6 Å². The molecule has 3 aromatic carbocycles. The Morgan fingerprint density at radius 3 is 2.05 bits per heavy atom. The van der Waals surface area contributed by atoms with Crippen molar-refractivity contribution in [2.75, 3.05) is 13.2 Å². The molecule has 3 aromatic rings. The third-order valence-corrected chi connectivity index (χ3v) is 6.26. The van der Waals surface area contributed by atoms with Gasteiger partial charge in [0.25, 0.3) is 0 Å². The van der Waals surface area contributed by atoms with Crippen molar-refractivity contribution in [2.24, 2.45) is 0 Å². The number of hydrogen-bond donors (Lipinski definition) is 0. The van der Waals surface area contributed by atoms with Crippen molar-refractivity contribution in [3.63, 3.8) is 0 Å². The van der Waals surface area contributed by atoms with Crippen LogP contribution in [0, 0.1) is 0 Å². The molecule has 0 aliphatic rings. The fraction of sp³-hybridized carbons (Fsp3) is 0.265. The van der Waals surface area contributed by atoms with Gasteiger partial charge in [0.1, 0.15) is 11.5 Å². The van der Waals surface area contributed by atoms with E-state index in [1.54, 1.807) is 67.6 Å². The first kappa shape index (κ1) is 33.3. The van der Waals surface area contributed by atoms with Crippen LogP contribution in [-0.2, 0) is 29.0 Å². The molecule has 0 heterocycles. The summed E-state index contributed by atoms with van der Waals surface area (Å²) >= 11 is 0. The van der Waals surface area contributed by atoms with Crippen LogP contribution in [0.4, 0.5) is 0 Å². The molecular formula is C34H33O10. The molecule has 0 aliphatic heterocycles. The molecule has 0 aromatic heterocycles. The number of carbonyl (C=O) groups excluding carboxylic acids is 5. The fourth-order valence-electron chi connectivity index (χ4n) is 3.91. The first-order valence-corrected chi connectivity index (χ1v) is 14.0. The average molecular weight is 602 g/mol. The van der Waals surface area contributed by atoms with E-state index in [2.05, 4.69) is 6.58 Å². The van der Waals surface area contributed by atoms with Gasteiger partial charge in [0, 0.05) is 5.57 Å². The van der Waals surface area contributed by atoms with E-state index in [4.69, 9.17) is 18.9 Å². The second-order valence-corrected chi connectivity index (χ2v) is 9.85. The van der Waals surface area contributed by atoms with Gasteiger partial charge < -0.3 is 18.9 Å². The molecule has 0 amide bonds. The van der Waals surface area contributed by atoms with Gasteiger partial charge in [-0.1, -0.05) is 30.8 Å². The van der Waals surface area contributed by atoms with Gasteiger partial charge in [-0.25, -0.2) is 24.3 Å². The Balaban J connectivity index is 1.46. The van der Waals surface area contributed by atoms with E-state index in [-0.39, 0.29) is 17.8 Å². The van der Waals surface area contributed by atoms with Crippen LogP contribution in [0.25, 0.3) is 11.1 Å². The predicted octanol–water partition coefficient (Wildman–Crippen LogP) is 5.70. The summed E-state index contributed by atoms with van der Waals surface area (Å²) in [4.78, 5) is 57.9. The molecule has 229 valence electrons. The molecule has 0 bridgehead atoms. The molecule has 44 heavy (non-hydrogen) atoms. The topological polar surface area (TPSA) is 142 Å². The maximum Gasteiger partial charge on any atom is 0.359 e. The monoisotopic (exact) mass is 601 g/mol. The van der Waals surface area contributed by atoms with Gasteiger partial charge in [0.2, 0.25) is 0 Å². The van der Waals surface area contributed by atoms with Crippen molar-refractivity contribution in [1.82, 2.24) is 0 Å². The molecular weight excluding hydrogens is 568 g/mol. The van der Waals surface area contributed by atoms with Crippen LogP contribution in [0.2, 0.25) is 0 Å². The average Bonchev–Trinajstić information content (AvgIpc) is 3.02. The van der Waals surface area contributed by atoms with E-state index in [1.165, 1.54) is 12.1 Å². The second-order valence-electron chi connectivity index (χ2n) is 9.85. The number of benzene rings is 3. The SMILES string of the molecule is C=C(C)C(=O)OCCCCCCOc1ccc(C(=O)Oc2cccc(-c3ccc(C(=O)OC(C=O)CC([O])=O)cc3)c2)cc1. The minimum atomic E-state index is -1.51. The number of unbranched alkanes of at least 4 members (excludes halogenated alkanes) is 3. The van der Waals surface area contributed by atoms with E-state index in [0.717, 1.165) is 31.2 Å². The van der Waals surface area contributed by atoms with Crippen molar-refractivity contribution < 1.29 is 48.0 Å². The molecule has 1 atom stereocenters. The summed E-state index contributed by atoms with van der Waals surface area (Å²) in [5.41, 5.74) is 2.31. The summed E-state index contributed by atoms with van der Waals surface area (Å²) < 4.78 is 21.3. The quantitative estimate of drug-likeness (QED) is 0.0626. The van der Waals surface area contributed by atoms with Crippen LogP contribution in [0.15, 0.2) is 84.9 Å². The summed E-state index contributed by atoms with van der Waals surface area (Å²) in [7, 11) is 0. The maximum atomic E-state index is 12.7. The fourth-order valence-corrected chi connectivity index (χ4v) is 3.91. The van der Waals surface area contributed by atoms with E-state index in [9.17, 15) is 29.1 Å². The Bertz CT molecular complexity index is 1460. The van der Waals surface area contributed by atoms with Gasteiger partial charge in [-0.15, -0.1) is 0 Å². The highest BCUT2D eigenvalue weighted by Gasteiger charge is 2.19. The Labute approximate surface area is 255 Å². The van der Waals surface area contributed by atoms with Gasteiger partial charge in [-0.2, -0.15) is 0 Å². The van der Waals surface area contributed by atoms with Crippen LogP contribution in [0.1, 0.15) is 59.7 Å². The zero-order chi connectivity index (χ0) is 31.9. The highest BCUT2D eigenvalue weighted by atomic mass is 16.5. The molecule has 0 saturated heterocycles. The lowest BCUT2D eigenvalue weighted by molar-refractivity contribution is -0.146. The molecule has 10 heteroatoms. The molecule has 1 radical (unpaired) electrons.